The standard InChI is InChI=1S/C6H4N2O/c9-4-1-2-5-6(3-4)8-7-5/h1-3,9H. The van der Waals surface area contributed by atoms with Gasteiger partial charge in [0.05, 0.1) is 0 Å². The SMILES string of the molecule is Oc1ccc2c(c1)N=N2. The molecule has 0 spiro atoms. The lowest BCUT2D eigenvalue weighted by molar-refractivity contribution is 0.475. The highest BCUT2D eigenvalue weighted by molar-refractivity contribution is 5.67. The third-order valence-electron chi connectivity index (χ3n) is 1.22. The van der Waals surface area contributed by atoms with Gasteiger partial charge >= 0.3 is 0 Å². The number of fused-ring (bicyclic) bond motifs is 1. The van der Waals surface area contributed by atoms with E-state index in [0.29, 0.717) is 0 Å². The summed E-state index contributed by atoms with van der Waals surface area (Å²) in [6, 6.07) is 4.91. The lowest BCUT2D eigenvalue weighted by Gasteiger charge is -2.05. The molecule has 0 fully saturated rings. The largest absolute Gasteiger partial charge is 0.508 e. The van der Waals surface area contributed by atoms with E-state index in [1.165, 1.54) is 0 Å². The highest BCUT2D eigenvalue weighted by Crippen LogP contribution is 2.39. The second kappa shape index (κ2) is 1.31. The Morgan fingerprint density at radius 2 is 1.89 bits per heavy atom. The number of phenols is 1. The van der Waals surface area contributed by atoms with Gasteiger partial charge in [-0.2, -0.15) is 0 Å². The van der Waals surface area contributed by atoms with Crippen LogP contribution in [0.15, 0.2) is 28.4 Å². The minimum absolute atomic E-state index is 0.243. The van der Waals surface area contributed by atoms with Crippen molar-refractivity contribution in [2.24, 2.45) is 10.2 Å². The van der Waals surface area contributed by atoms with Crippen molar-refractivity contribution in [1.29, 1.82) is 0 Å². The number of nitrogens with zero attached hydrogens (tertiary/aromatic N) is 2. The number of azo groups is 1. The smallest absolute Gasteiger partial charge is 0.117 e. The van der Waals surface area contributed by atoms with Crippen LogP contribution < -0.4 is 0 Å². The molecule has 2 rings (SSSR count). The van der Waals surface area contributed by atoms with E-state index in [1.807, 2.05) is 0 Å². The molecule has 44 valence electrons. The van der Waals surface area contributed by atoms with E-state index >= 15 is 0 Å². The molecule has 0 aromatic heterocycles. The Hall–Kier alpha value is -1.38. The predicted molar refractivity (Wildman–Crippen MR) is 32.3 cm³/mol. The number of aromatic hydroxyl groups is 1. The van der Waals surface area contributed by atoms with E-state index in [2.05, 4.69) is 10.2 Å². The highest BCUT2D eigenvalue weighted by atomic mass is 16.3. The molecule has 0 atom stereocenters. The van der Waals surface area contributed by atoms with Crippen molar-refractivity contribution in [3.8, 4) is 5.75 Å². The number of benzene rings is 1. The molecule has 3 heteroatoms. The van der Waals surface area contributed by atoms with Gasteiger partial charge in [0.15, 0.2) is 0 Å². The first-order valence-corrected chi connectivity index (χ1v) is 2.61. The summed E-state index contributed by atoms with van der Waals surface area (Å²) in [5.74, 6) is 0.243. The van der Waals surface area contributed by atoms with Crippen molar-refractivity contribution in [2.45, 2.75) is 0 Å². The molecule has 0 saturated carbocycles. The van der Waals surface area contributed by atoms with Gasteiger partial charge in [0, 0.05) is 6.07 Å². The molecule has 0 aliphatic carbocycles. The maximum Gasteiger partial charge on any atom is 0.117 e. The zero-order valence-corrected chi connectivity index (χ0v) is 4.57. The Morgan fingerprint density at radius 1 is 1.11 bits per heavy atom. The normalized spacial score (nSPS) is 12.4. The first-order valence-electron chi connectivity index (χ1n) is 2.61. The molecule has 0 unspecified atom stereocenters. The van der Waals surface area contributed by atoms with Crippen LogP contribution in [0.1, 0.15) is 0 Å². The van der Waals surface area contributed by atoms with Crippen molar-refractivity contribution >= 4 is 11.4 Å². The summed E-state index contributed by atoms with van der Waals surface area (Å²) in [4.78, 5) is 0. The van der Waals surface area contributed by atoms with E-state index in [4.69, 9.17) is 5.11 Å². The van der Waals surface area contributed by atoms with Gasteiger partial charge in [0.2, 0.25) is 0 Å². The summed E-state index contributed by atoms with van der Waals surface area (Å²) in [7, 11) is 0. The van der Waals surface area contributed by atoms with Crippen molar-refractivity contribution in [1.82, 2.24) is 0 Å². The lowest BCUT2D eigenvalue weighted by atomic mass is 10.2. The molecular weight excluding hydrogens is 116 g/mol. The lowest BCUT2D eigenvalue weighted by Crippen LogP contribution is -1.74. The van der Waals surface area contributed by atoms with Crippen LogP contribution in [0, 0.1) is 0 Å². The first kappa shape index (κ1) is 4.49. The third-order valence-corrected chi connectivity index (χ3v) is 1.22. The molecule has 1 aromatic rings. The van der Waals surface area contributed by atoms with Gasteiger partial charge in [-0.1, -0.05) is 0 Å². The minimum Gasteiger partial charge on any atom is -0.508 e. The molecule has 0 saturated heterocycles. The average Bonchev–Trinajstić information content (AvgIpc) is 1.78. The van der Waals surface area contributed by atoms with Crippen LogP contribution in [0.3, 0.4) is 0 Å². The summed E-state index contributed by atoms with van der Waals surface area (Å²) in [6.45, 7) is 0. The summed E-state index contributed by atoms with van der Waals surface area (Å²) in [5.41, 5.74) is 1.63. The monoisotopic (exact) mass is 120 g/mol. The summed E-state index contributed by atoms with van der Waals surface area (Å²) >= 11 is 0. The number of hydrogen-bond acceptors (Lipinski definition) is 3. The molecule has 1 aromatic carbocycles. The zero-order chi connectivity index (χ0) is 6.27. The van der Waals surface area contributed by atoms with Crippen LogP contribution in [-0.2, 0) is 0 Å². The summed E-state index contributed by atoms with van der Waals surface area (Å²) in [5, 5.41) is 16.2. The maximum atomic E-state index is 8.87. The van der Waals surface area contributed by atoms with E-state index in [0.717, 1.165) is 11.4 Å². The Balaban J connectivity index is 2.63. The van der Waals surface area contributed by atoms with Gasteiger partial charge in [-0.05, 0) is 12.1 Å². The second-order valence-electron chi connectivity index (χ2n) is 1.87. The van der Waals surface area contributed by atoms with E-state index in [9.17, 15) is 0 Å². The van der Waals surface area contributed by atoms with Crippen LogP contribution in [0.4, 0.5) is 11.4 Å². The van der Waals surface area contributed by atoms with E-state index in [1.54, 1.807) is 18.2 Å². The Morgan fingerprint density at radius 3 is 2.33 bits per heavy atom. The molecule has 1 aliphatic rings. The number of phenolic OH excluding ortho intramolecular Hbond substituents is 1. The molecule has 0 bridgehead atoms. The Kier molecular flexibility index (Phi) is 0.656. The molecular formula is C6H4N2O. The quantitative estimate of drug-likeness (QED) is 0.568. The third kappa shape index (κ3) is 0.512. The fourth-order valence-electron chi connectivity index (χ4n) is 0.739. The Labute approximate surface area is 51.7 Å². The van der Waals surface area contributed by atoms with Gasteiger partial charge in [-0.3, -0.25) is 0 Å². The fraction of sp³-hybridized carbons (Fsp3) is 0. The van der Waals surface area contributed by atoms with Crippen LogP contribution in [0.25, 0.3) is 0 Å². The average molecular weight is 120 g/mol. The zero-order valence-electron chi connectivity index (χ0n) is 4.57. The molecule has 0 amide bonds. The van der Waals surface area contributed by atoms with E-state index < -0.39 is 0 Å². The minimum atomic E-state index is 0.243. The summed E-state index contributed by atoms with van der Waals surface area (Å²) < 4.78 is 0. The Bertz CT molecular complexity index is 280. The molecule has 9 heavy (non-hydrogen) atoms. The van der Waals surface area contributed by atoms with Crippen molar-refractivity contribution < 1.29 is 5.11 Å². The fourth-order valence-corrected chi connectivity index (χ4v) is 0.739. The number of hydrogen-bond donors (Lipinski definition) is 1. The molecule has 1 aliphatic heterocycles. The topological polar surface area (TPSA) is 45.0 Å². The van der Waals surface area contributed by atoms with Gasteiger partial charge in [-0.15, -0.1) is 10.2 Å². The van der Waals surface area contributed by atoms with Crippen molar-refractivity contribution in [3.63, 3.8) is 0 Å². The second-order valence-corrected chi connectivity index (χ2v) is 1.87. The first-order chi connectivity index (χ1) is 4.36. The van der Waals surface area contributed by atoms with Crippen LogP contribution in [-0.4, -0.2) is 5.11 Å². The molecule has 1 N–H and O–H groups in total. The van der Waals surface area contributed by atoms with Crippen molar-refractivity contribution in [3.05, 3.63) is 18.2 Å². The van der Waals surface area contributed by atoms with Gasteiger partial charge < -0.3 is 5.11 Å². The van der Waals surface area contributed by atoms with Crippen LogP contribution in [0.5, 0.6) is 5.75 Å². The van der Waals surface area contributed by atoms with Gasteiger partial charge in [0.1, 0.15) is 17.1 Å². The number of rotatable bonds is 0. The van der Waals surface area contributed by atoms with Crippen LogP contribution >= 0.6 is 0 Å². The van der Waals surface area contributed by atoms with Gasteiger partial charge in [-0.25, -0.2) is 0 Å². The highest BCUT2D eigenvalue weighted by Gasteiger charge is 2.07. The maximum absolute atomic E-state index is 8.87. The van der Waals surface area contributed by atoms with Crippen LogP contribution in [0.2, 0.25) is 0 Å². The summed E-state index contributed by atoms with van der Waals surface area (Å²) in [6.07, 6.45) is 0. The molecule has 1 heterocycles. The van der Waals surface area contributed by atoms with Gasteiger partial charge in [0.25, 0.3) is 0 Å². The molecule has 3 nitrogen and oxygen atoms in total. The predicted octanol–water partition coefficient (Wildman–Crippen LogP) is 2.12. The molecule has 0 radical (unpaired) electrons. The van der Waals surface area contributed by atoms with E-state index in [-0.39, 0.29) is 5.75 Å². The van der Waals surface area contributed by atoms with Crippen molar-refractivity contribution in [2.75, 3.05) is 0 Å².